The molecule has 0 bridgehead atoms. The van der Waals surface area contributed by atoms with Crippen molar-refractivity contribution >= 4 is 5.97 Å². The molecule has 0 saturated carbocycles. The van der Waals surface area contributed by atoms with E-state index >= 15 is 0 Å². The minimum atomic E-state index is -0.621. The zero-order valence-electron chi connectivity index (χ0n) is 12.1. The summed E-state index contributed by atoms with van der Waals surface area (Å²) in [5.41, 5.74) is 1.07. The van der Waals surface area contributed by atoms with Crippen LogP contribution in [0.25, 0.3) is 0 Å². The van der Waals surface area contributed by atoms with E-state index in [2.05, 4.69) is 0 Å². The molecule has 3 rings (SSSR count). The Bertz CT molecular complexity index is 527. The Hall–Kier alpha value is -1.75. The number of carbonyl (C=O) groups excluding carboxylic acids is 1. The topological polar surface area (TPSA) is 65.0 Å². The first-order valence-corrected chi connectivity index (χ1v) is 7.42. The molecule has 0 spiro atoms. The third kappa shape index (κ3) is 2.83. The van der Waals surface area contributed by atoms with Crippen molar-refractivity contribution in [3.8, 4) is 11.5 Å². The van der Waals surface area contributed by atoms with Crippen molar-refractivity contribution in [1.29, 1.82) is 0 Å². The monoisotopic (exact) mass is 292 g/mol. The molecule has 1 saturated heterocycles. The van der Waals surface area contributed by atoms with Crippen molar-refractivity contribution in [3.05, 3.63) is 23.8 Å². The summed E-state index contributed by atoms with van der Waals surface area (Å²) in [5.74, 6) is 0.806. The molecule has 0 aliphatic carbocycles. The minimum absolute atomic E-state index is 0.0134. The Labute approximate surface area is 123 Å². The second-order valence-corrected chi connectivity index (χ2v) is 5.66. The summed E-state index contributed by atoms with van der Waals surface area (Å²) >= 11 is 0. The maximum atomic E-state index is 11.9. The Balaban J connectivity index is 1.72. The second-order valence-electron chi connectivity index (χ2n) is 5.66. The second kappa shape index (κ2) is 5.93. The molecule has 1 aromatic carbocycles. The summed E-state index contributed by atoms with van der Waals surface area (Å²) in [4.78, 5) is 11.9. The van der Waals surface area contributed by atoms with Crippen LogP contribution in [0.3, 0.4) is 0 Å². The van der Waals surface area contributed by atoms with Gasteiger partial charge in [0.05, 0.1) is 18.6 Å². The molecule has 5 nitrogen and oxygen atoms in total. The van der Waals surface area contributed by atoms with Gasteiger partial charge in [0.25, 0.3) is 0 Å². The van der Waals surface area contributed by atoms with Gasteiger partial charge in [-0.15, -0.1) is 0 Å². The summed E-state index contributed by atoms with van der Waals surface area (Å²) in [7, 11) is 0. The third-order valence-corrected chi connectivity index (χ3v) is 4.15. The molecule has 1 aromatic rings. The van der Waals surface area contributed by atoms with Crippen LogP contribution in [-0.4, -0.2) is 30.6 Å². The van der Waals surface area contributed by atoms with Crippen LogP contribution >= 0.6 is 0 Å². The maximum absolute atomic E-state index is 11.9. The average molecular weight is 292 g/mol. The number of aliphatic hydroxyl groups excluding tert-OH is 1. The number of ether oxygens (including phenoxy) is 3. The van der Waals surface area contributed by atoms with Gasteiger partial charge in [-0.05, 0) is 30.5 Å². The number of fused-ring (bicyclic) bond motifs is 1. The summed E-state index contributed by atoms with van der Waals surface area (Å²) < 4.78 is 15.8. The lowest BCUT2D eigenvalue weighted by atomic mass is 9.84. The molecule has 1 N–H and O–H groups in total. The van der Waals surface area contributed by atoms with Gasteiger partial charge in [0.15, 0.2) is 11.5 Å². The van der Waals surface area contributed by atoms with Gasteiger partial charge in [-0.2, -0.15) is 0 Å². The predicted octanol–water partition coefficient (Wildman–Crippen LogP) is 1.91. The van der Waals surface area contributed by atoms with Crippen molar-refractivity contribution in [2.24, 2.45) is 11.8 Å². The molecular weight excluding hydrogens is 272 g/mol. The number of rotatable bonds is 5. The molecule has 1 fully saturated rings. The summed E-state index contributed by atoms with van der Waals surface area (Å²) in [5, 5.41) is 10.2. The van der Waals surface area contributed by atoms with Crippen molar-refractivity contribution in [2.75, 3.05) is 13.4 Å². The first-order chi connectivity index (χ1) is 10.2. The highest BCUT2D eigenvalue weighted by molar-refractivity contribution is 5.75. The number of hydrogen-bond acceptors (Lipinski definition) is 5. The fraction of sp³-hybridized carbons (Fsp3) is 0.562. The van der Waals surface area contributed by atoms with Crippen molar-refractivity contribution in [1.82, 2.24) is 0 Å². The van der Waals surface area contributed by atoms with E-state index in [1.165, 1.54) is 0 Å². The summed E-state index contributed by atoms with van der Waals surface area (Å²) in [6, 6.07) is 5.79. The quantitative estimate of drug-likeness (QED) is 0.840. The number of cyclic esters (lactones) is 1. The lowest BCUT2D eigenvalue weighted by Gasteiger charge is -2.20. The van der Waals surface area contributed by atoms with Crippen LogP contribution in [0.4, 0.5) is 0 Å². The van der Waals surface area contributed by atoms with E-state index in [1.54, 1.807) is 0 Å². The molecular formula is C16H20O5. The lowest BCUT2D eigenvalue weighted by Crippen LogP contribution is -2.30. The van der Waals surface area contributed by atoms with Gasteiger partial charge >= 0.3 is 5.97 Å². The molecule has 114 valence electrons. The highest BCUT2D eigenvalue weighted by Gasteiger charge is 2.41. The molecule has 21 heavy (non-hydrogen) atoms. The average Bonchev–Trinajstić information content (AvgIpc) is 3.05. The third-order valence-electron chi connectivity index (χ3n) is 4.15. The van der Waals surface area contributed by atoms with E-state index in [4.69, 9.17) is 14.2 Å². The fourth-order valence-corrected chi connectivity index (χ4v) is 3.08. The Morgan fingerprint density at radius 1 is 1.29 bits per heavy atom. The normalized spacial score (nSPS) is 25.0. The number of esters is 1. The molecule has 2 aliphatic heterocycles. The molecule has 0 amide bonds. The highest BCUT2D eigenvalue weighted by Crippen LogP contribution is 2.35. The van der Waals surface area contributed by atoms with Crippen molar-refractivity contribution in [2.45, 2.75) is 32.3 Å². The van der Waals surface area contributed by atoms with Crippen LogP contribution in [0.15, 0.2) is 18.2 Å². The number of hydrogen-bond donors (Lipinski definition) is 1. The van der Waals surface area contributed by atoms with Crippen LogP contribution in [0.2, 0.25) is 0 Å². The van der Waals surface area contributed by atoms with Gasteiger partial charge in [0.2, 0.25) is 6.79 Å². The van der Waals surface area contributed by atoms with Gasteiger partial charge in [-0.3, -0.25) is 4.79 Å². The van der Waals surface area contributed by atoms with Crippen molar-refractivity contribution in [3.63, 3.8) is 0 Å². The SMILES string of the molecule is CCC[C@H](O)[C@@H]1C(=O)OC[C@H]1Cc1ccc2c(c1)OCO2. The van der Waals surface area contributed by atoms with Crippen LogP contribution < -0.4 is 9.47 Å². The molecule has 0 radical (unpaired) electrons. The molecule has 2 aliphatic rings. The van der Waals surface area contributed by atoms with E-state index < -0.39 is 12.0 Å². The van der Waals surface area contributed by atoms with E-state index in [9.17, 15) is 9.90 Å². The maximum Gasteiger partial charge on any atom is 0.312 e. The highest BCUT2D eigenvalue weighted by atomic mass is 16.7. The largest absolute Gasteiger partial charge is 0.465 e. The van der Waals surface area contributed by atoms with Gasteiger partial charge < -0.3 is 19.3 Å². The predicted molar refractivity (Wildman–Crippen MR) is 75.1 cm³/mol. The van der Waals surface area contributed by atoms with Gasteiger partial charge in [-0.1, -0.05) is 19.4 Å². The van der Waals surface area contributed by atoms with Crippen LogP contribution in [0, 0.1) is 11.8 Å². The number of aliphatic hydroxyl groups is 1. The van der Waals surface area contributed by atoms with Crippen molar-refractivity contribution < 1.29 is 24.1 Å². The van der Waals surface area contributed by atoms with E-state index in [0.29, 0.717) is 19.4 Å². The standard InChI is InChI=1S/C16H20O5/c1-2-3-12(17)15-11(8-19-16(15)18)6-10-4-5-13-14(7-10)21-9-20-13/h4-5,7,11-12,15,17H,2-3,6,8-9H2,1H3/t11-,12+,15-/m1/s1. The molecule has 0 aromatic heterocycles. The first-order valence-electron chi connectivity index (χ1n) is 7.42. The van der Waals surface area contributed by atoms with Gasteiger partial charge in [0, 0.05) is 5.92 Å². The van der Waals surface area contributed by atoms with Gasteiger partial charge in [-0.25, -0.2) is 0 Å². The fourth-order valence-electron chi connectivity index (χ4n) is 3.08. The Kier molecular flexibility index (Phi) is 4.01. The minimum Gasteiger partial charge on any atom is -0.465 e. The van der Waals surface area contributed by atoms with Crippen LogP contribution in [0.5, 0.6) is 11.5 Å². The molecule has 3 atom stereocenters. The van der Waals surface area contributed by atoms with Gasteiger partial charge in [0.1, 0.15) is 0 Å². The Morgan fingerprint density at radius 3 is 2.90 bits per heavy atom. The molecule has 0 unspecified atom stereocenters. The molecule has 2 heterocycles. The zero-order valence-corrected chi connectivity index (χ0v) is 12.1. The number of benzene rings is 1. The zero-order chi connectivity index (χ0) is 14.8. The summed E-state index contributed by atoms with van der Waals surface area (Å²) in [6.45, 7) is 2.62. The lowest BCUT2D eigenvalue weighted by molar-refractivity contribution is -0.144. The Morgan fingerprint density at radius 2 is 2.10 bits per heavy atom. The van der Waals surface area contributed by atoms with Crippen LogP contribution in [-0.2, 0) is 16.0 Å². The van der Waals surface area contributed by atoms with E-state index in [-0.39, 0.29) is 18.7 Å². The first kappa shape index (κ1) is 14.2. The smallest absolute Gasteiger partial charge is 0.312 e. The number of carbonyl (C=O) groups is 1. The van der Waals surface area contributed by atoms with E-state index in [1.807, 2.05) is 25.1 Å². The van der Waals surface area contributed by atoms with Crippen LogP contribution in [0.1, 0.15) is 25.3 Å². The van der Waals surface area contributed by atoms with E-state index in [0.717, 1.165) is 23.5 Å². The summed E-state index contributed by atoms with van der Waals surface area (Å²) in [6.07, 6.45) is 1.54. The molecule has 5 heteroatoms.